The molecule has 3 aromatic heterocycles. The first-order chi connectivity index (χ1) is 16.1. The zero-order valence-electron chi connectivity index (χ0n) is 18.5. The van der Waals surface area contributed by atoms with E-state index < -0.39 is 0 Å². The summed E-state index contributed by atoms with van der Waals surface area (Å²) >= 11 is 0. The molecule has 4 rings (SSSR count). The molecule has 0 fully saturated rings. The van der Waals surface area contributed by atoms with Crippen LogP contribution in [0.25, 0.3) is 16.9 Å². The van der Waals surface area contributed by atoms with E-state index in [9.17, 15) is 9.90 Å². The average molecular weight is 449 g/mol. The Morgan fingerprint density at radius 3 is 2.85 bits per heavy atom. The Bertz CT molecular complexity index is 1220. The van der Waals surface area contributed by atoms with Gasteiger partial charge in [0.1, 0.15) is 11.3 Å². The van der Waals surface area contributed by atoms with E-state index in [-0.39, 0.29) is 18.4 Å². The molecule has 0 radical (unpaired) electrons. The van der Waals surface area contributed by atoms with Gasteiger partial charge in [-0.05, 0) is 12.5 Å². The van der Waals surface area contributed by atoms with E-state index in [0.29, 0.717) is 37.6 Å². The number of ether oxygens (including phenoxy) is 1. The van der Waals surface area contributed by atoms with Crippen LogP contribution in [0.5, 0.6) is 0 Å². The number of amides is 1. The lowest BCUT2D eigenvalue weighted by molar-refractivity contribution is 0.0773. The zero-order valence-corrected chi connectivity index (χ0v) is 18.5. The molecule has 1 unspecified atom stereocenters. The quantitative estimate of drug-likeness (QED) is 0.320. The second-order valence-corrected chi connectivity index (χ2v) is 7.89. The Hall–Kier alpha value is -3.53. The second kappa shape index (κ2) is 10.4. The van der Waals surface area contributed by atoms with Gasteiger partial charge in [-0.2, -0.15) is 5.10 Å². The molecule has 0 saturated carbocycles. The predicted molar refractivity (Wildman–Crippen MR) is 126 cm³/mol. The number of aromatic nitrogens is 4. The van der Waals surface area contributed by atoms with Crippen LogP contribution < -0.4 is 11.1 Å². The fourth-order valence-corrected chi connectivity index (χ4v) is 3.74. The number of aliphatic hydroxyl groups excluding tert-OH is 1. The number of hydrogen-bond donors (Lipinski definition) is 3. The third-order valence-electron chi connectivity index (χ3n) is 5.40. The Kier molecular flexibility index (Phi) is 7.13. The van der Waals surface area contributed by atoms with Crippen molar-refractivity contribution in [3.63, 3.8) is 0 Å². The summed E-state index contributed by atoms with van der Waals surface area (Å²) < 4.78 is 8.92. The molecule has 172 valence electrons. The minimum Gasteiger partial charge on any atom is -0.396 e. The van der Waals surface area contributed by atoms with Crippen LogP contribution in [-0.4, -0.2) is 56.5 Å². The number of imidazole rings is 1. The third kappa shape index (κ3) is 5.28. The lowest BCUT2D eigenvalue weighted by atomic mass is 10.0. The van der Waals surface area contributed by atoms with Crippen LogP contribution in [0.3, 0.4) is 0 Å². The van der Waals surface area contributed by atoms with E-state index in [1.54, 1.807) is 17.9 Å². The Labute approximate surface area is 191 Å². The van der Waals surface area contributed by atoms with Crippen molar-refractivity contribution in [3.8, 4) is 11.3 Å². The van der Waals surface area contributed by atoms with Crippen LogP contribution in [-0.2, 0) is 18.2 Å². The highest BCUT2D eigenvalue weighted by Gasteiger charge is 2.20. The molecule has 1 amide bonds. The van der Waals surface area contributed by atoms with Gasteiger partial charge in [0, 0.05) is 61.4 Å². The minimum absolute atomic E-state index is 0.0547. The average Bonchev–Trinajstić information content (AvgIpc) is 3.42. The van der Waals surface area contributed by atoms with E-state index >= 15 is 0 Å². The summed E-state index contributed by atoms with van der Waals surface area (Å²) in [4.78, 5) is 17.8. The number of nitrogens with two attached hydrogens (primary N) is 1. The first-order valence-corrected chi connectivity index (χ1v) is 10.8. The van der Waals surface area contributed by atoms with Crippen LogP contribution in [0.4, 0.5) is 5.69 Å². The number of aryl methyl sites for hydroxylation is 1. The third-order valence-corrected chi connectivity index (χ3v) is 5.40. The number of fused-ring (bicyclic) bond motifs is 1. The largest absolute Gasteiger partial charge is 0.396 e. The van der Waals surface area contributed by atoms with Crippen molar-refractivity contribution in [1.82, 2.24) is 19.2 Å². The highest BCUT2D eigenvalue weighted by molar-refractivity contribution is 6.04. The van der Waals surface area contributed by atoms with Crippen LogP contribution in [0, 0.1) is 5.92 Å². The Morgan fingerprint density at radius 1 is 1.27 bits per heavy atom. The molecule has 4 aromatic rings. The highest BCUT2D eigenvalue weighted by atomic mass is 16.5. The molecule has 1 atom stereocenters. The van der Waals surface area contributed by atoms with Crippen molar-refractivity contribution in [2.24, 2.45) is 18.7 Å². The number of carbonyl (C=O) groups excluding carboxylic acids is 1. The lowest BCUT2D eigenvalue weighted by Gasteiger charge is -2.15. The lowest BCUT2D eigenvalue weighted by Crippen LogP contribution is -2.22. The summed E-state index contributed by atoms with van der Waals surface area (Å²) in [5.74, 6) is -0.422. The van der Waals surface area contributed by atoms with Crippen LogP contribution in [0.2, 0.25) is 0 Å². The molecular formula is C24H28N6O3. The van der Waals surface area contributed by atoms with Gasteiger partial charge in [0.05, 0.1) is 25.1 Å². The van der Waals surface area contributed by atoms with Gasteiger partial charge < -0.3 is 25.3 Å². The van der Waals surface area contributed by atoms with Gasteiger partial charge >= 0.3 is 0 Å². The van der Waals surface area contributed by atoms with E-state index in [2.05, 4.69) is 15.4 Å². The van der Waals surface area contributed by atoms with Crippen LogP contribution in [0.1, 0.15) is 16.1 Å². The number of nitrogens with zero attached hydrogens (tertiary/aromatic N) is 4. The van der Waals surface area contributed by atoms with Gasteiger partial charge in [-0.15, -0.1) is 0 Å². The molecule has 33 heavy (non-hydrogen) atoms. The predicted octanol–water partition coefficient (Wildman–Crippen LogP) is 2.11. The SMILES string of the molecule is Cn1ncc(CC(CO)COCCN)c1C(=O)Nc1ccn2cc(-c3ccccc3)nc2c1. The van der Waals surface area contributed by atoms with Gasteiger partial charge in [-0.3, -0.25) is 9.48 Å². The summed E-state index contributed by atoms with van der Waals surface area (Å²) in [6.45, 7) is 1.16. The Balaban J connectivity index is 1.50. The van der Waals surface area contributed by atoms with E-state index in [1.165, 1.54) is 0 Å². The van der Waals surface area contributed by atoms with Crippen molar-refractivity contribution >= 4 is 17.2 Å². The van der Waals surface area contributed by atoms with Gasteiger partial charge in [0.25, 0.3) is 5.91 Å². The number of pyridine rings is 1. The Morgan fingerprint density at radius 2 is 2.09 bits per heavy atom. The number of aliphatic hydroxyl groups is 1. The first-order valence-electron chi connectivity index (χ1n) is 10.8. The van der Waals surface area contributed by atoms with Gasteiger partial charge in [-0.1, -0.05) is 30.3 Å². The van der Waals surface area contributed by atoms with E-state index in [0.717, 1.165) is 22.5 Å². The highest BCUT2D eigenvalue weighted by Crippen LogP contribution is 2.21. The van der Waals surface area contributed by atoms with Crippen molar-refractivity contribution in [3.05, 3.63) is 72.3 Å². The van der Waals surface area contributed by atoms with Crippen molar-refractivity contribution in [1.29, 1.82) is 0 Å². The summed E-state index contributed by atoms with van der Waals surface area (Å²) in [6, 6.07) is 13.6. The summed E-state index contributed by atoms with van der Waals surface area (Å²) in [6.07, 6.45) is 5.95. The fourth-order valence-electron chi connectivity index (χ4n) is 3.74. The molecule has 0 aliphatic carbocycles. The molecule has 9 nitrogen and oxygen atoms in total. The smallest absolute Gasteiger partial charge is 0.274 e. The summed E-state index contributed by atoms with van der Waals surface area (Å²) in [7, 11) is 1.72. The summed E-state index contributed by atoms with van der Waals surface area (Å²) in [5.41, 5.74) is 9.90. The number of hydrogen-bond acceptors (Lipinski definition) is 6. The fraction of sp³-hybridized carbons (Fsp3) is 0.292. The van der Waals surface area contributed by atoms with E-state index in [4.69, 9.17) is 10.5 Å². The molecule has 0 spiro atoms. The van der Waals surface area contributed by atoms with Crippen molar-refractivity contribution in [2.45, 2.75) is 6.42 Å². The molecule has 0 aliphatic rings. The number of rotatable bonds is 10. The molecule has 3 heterocycles. The van der Waals surface area contributed by atoms with Crippen molar-refractivity contribution in [2.75, 3.05) is 31.7 Å². The normalized spacial score (nSPS) is 12.2. The monoisotopic (exact) mass is 448 g/mol. The molecule has 4 N–H and O–H groups in total. The first kappa shape index (κ1) is 22.7. The standard InChI is InChI=1S/C24H28N6O3/c1-29-23(19(13-26-29)11-17(15-31)16-33-10-8-25)24(32)27-20-7-9-30-14-21(28-22(30)12-20)18-5-3-2-4-6-18/h2-7,9,12-14,17,31H,8,10-11,15-16,25H2,1H3,(H,27,32). The van der Waals surface area contributed by atoms with E-state index in [1.807, 2.05) is 59.3 Å². The topological polar surface area (TPSA) is 120 Å². The molecule has 0 bridgehead atoms. The number of anilines is 1. The summed E-state index contributed by atoms with van der Waals surface area (Å²) in [5, 5.41) is 16.9. The van der Waals surface area contributed by atoms with Crippen LogP contribution >= 0.6 is 0 Å². The maximum absolute atomic E-state index is 13.1. The maximum Gasteiger partial charge on any atom is 0.274 e. The molecule has 9 heteroatoms. The van der Waals surface area contributed by atoms with Gasteiger partial charge in [0.2, 0.25) is 0 Å². The van der Waals surface area contributed by atoms with Crippen molar-refractivity contribution < 1.29 is 14.6 Å². The number of nitrogens with one attached hydrogen (secondary N) is 1. The van der Waals surface area contributed by atoms with Gasteiger partial charge in [-0.25, -0.2) is 4.98 Å². The zero-order chi connectivity index (χ0) is 23.2. The molecule has 0 saturated heterocycles. The maximum atomic E-state index is 13.1. The molecule has 1 aromatic carbocycles. The second-order valence-electron chi connectivity index (χ2n) is 7.89. The molecule has 0 aliphatic heterocycles. The minimum atomic E-state index is -0.274. The van der Waals surface area contributed by atoms with Crippen LogP contribution in [0.15, 0.2) is 61.1 Å². The number of carbonyl (C=O) groups is 1. The molecular weight excluding hydrogens is 420 g/mol. The number of benzene rings is 1. The van der Waals surface area contributed by atoms with Gasteiger partial charge in [0.15, 0.2) is 0 Å².